The number of nitrogens with zero attached hydrogens (tertiary/aromatic N) is 2. The van der Waals surface area contributed by atoms with Crippen LogP contribution < -0.4 is 19.7 Å². The van der Waals surface area contributed by atoms with Crippen molar-refractivity contribution in [2.75, 3.05) is 16.0 Å². The van der Waals surface area contributed by atoms with Crippen LogP contribution in [-0.2, 0) is 16.2 Å². The molecule has 0 aromatic heterocycles. The SMILES string of the molecule is O=C(CSC1=NC(=Cc2cccc(OCc3ccccc3)c2)C(=O)N1c1ccccc1)Nc1ccc(OC(F)(F)F)cc1. The van der Waals surface area contributed by atoms with E-state index >= 15 is 0 Å². The highest BCUT2D eigenvalue weighted by atomic mass is 32.2. The highest BCUT2D eigenvalue weighted by molar-refractivity contribution is 8.14. The second-order valence-corrected chi connectivity index (χ2v) is 10.1. The predicted molar refractivity (Wildman–Crippen MR) is 161 cm³/mol. The average molecular weight is 604 g/mol. The zero-order valence-electron chi connectivity index (χ0n) is 22.5. The van der Waals surface area contributed by atoms with E-state index in [1.54, 1.807) is 30.3 Å². The van der Waals surface area contributed by atoms with Crippen molar-refractivity contribution in [2.45, 2.75) is 13.0 Å². The first-order valence-corrected chi connectivity index (χ1v) is 14.0. The van der Waals surface area contributed by atoms with Gasteiger partial charge < -0.3 is 14.8 Å². The molecule has 2 amide bonds. The van der Waals surface area contributed by atoms with Gasteiger partial charge in [0, 0.05) is 5.69 Å². The van der Waals surface area contributed by atoms with Crippen molar-refractivity contribution in [3.05, 3.63) is 126 Å². The van der Waals surface area contributed by atoms with Crippen LogP contribution in [0.1, 0.15) is 11.1 Å². The fraction of sp³-hybridized carbons (Fsp3) is 0.0938. The molecule has 0 unspecified atom stereocenters. The molecule has 1 aliphatic heterocycles. The van der Waals surface area contributed by atoms with Gasteiger partial charge in [0.1, 0.15) is 23.8 Å². The predicted octanol–water partition coefficient (Wildman–Crippen LogP) is 7.28. The highest BCUT2D eigenvalue weighted by Gasteiger charge is 2.33. The van der Waals surface area contributed by atoms with E-state index in [9.17, 15) is 22.8 Å². The maximum atomic E-state index is 13.5. The molecular weight excluding hydrogens is 579 g/mol. The minimum Gasteiger partial charge on any atom is -0.489 e. The number of carbonyl (C=O) groups excluding carboxylic acids is 2. The summed E-state index contributed by atoms with van der Waals surface area (Å²) in [6.07, 6.45) is -3.15. The van der Waals surface area contributed by atoms with Crippen LogP contribution in [0.4, 0.5) is 24.5 Å². The number of hydrogen-bond donors (Lipinski definition) is 1. The first-order valence-electron chi connectivity index (χ1n) is 13.0. The number of aliphatic imine (C=N–C) groups is 1. The number of benzene rings is 4. The van der Waals surface area contributed by atoms with Crippen molar-refractivity contribution in [1.82, 2.24) is 0 Å². The molecule has 1 aliphatic rings. The number of thioether (sulfide) groups is 1. The average Bonchev–Trinajstić information content (AvgIpc) is 3.30. The van der Waals surface area contributed by atoms with E-state index in [0.717, 1.165) is 29.5 Å². The number of anilines is 2. The van der Waals surface area contributed by atoms with Gasteiger partial charge in [-0.15, -0.1) is 13.2 Å². The maximum absolute atomic E-state index is 13.5. The molecule has 0 bridgehead atoms. The Balaban J connectivity index is 1.29. The third-order valence-corrected chi connectivity index (χ3v) is 6.90. The molecule has 1 N–H and O–H groups in total. The first-order chi connectivity index (χ1) is 20.7. The molecule has 0 fully saturated rings. The number of alkyl halides is 3. The second kappa shape index (κ2) is 13.3. The number of rotatable bonds is 9. The summed E-state index contributed by atoms with van der Waals surface area (Å²) in [4.78, 5) is 32.1. The van der Waals surface area contributed by atoms with Gasteiger partial charge in [-0.3, -0.25) is 14.5 Å². The molecule has 0 spiro atoms. The third kappa shape index (κ3) is 8.26. The lowest BCUT2D eigenvalue weighted by Crippen LogP contribution is -2.31. The van der Waals surface area contributed by atoms with Crippen molar-refractivity contribution in [2.24, 2.45) is 4.99 Å². The molecule has 0 atom stereocenters. The van der Waals surface area contributed by atoms with Crippen LogP contribution in [0.15, 0.2) is 120 Å². The van der Waals surface area contributed by atoms with Gasteiger partial charge in [-0.1, -0.05) is 72.4 Å². The van der Waals surface area contributed by atoms with E-state index in [1.807, 2.05) is 60.7 Å². The van der Waals surface area contributed by atoms with Crippen molar-refractivity contribution in [3.8, 4) is 11.5 Å². The van der Waals surface area contributed by atoms with Gasteiger partial charge in [-0.05, 0) is 65.7 Å². The molecular formula is C32H24F3N3O4S. The summed E-state index contributed by atoms with van der Waals surface area (Å²) in [7, 11) is 0. The quantitative estimate of drug-likeness (QED) is 0.204. The van der Waals surface area contributed by atoms with Gasteiger partial charge in [0.2, 0.25) is 5.91 Å². The number of hydrogen-bond acceptors (Lipinski definition) is 6. The van der Waals surface area contributed by atoms with Gasteiger partial charge in [0.25, 0.3) is 5.91 Å². The summed E-state index contributed by atoms with van der Waals surface area (Å²) >= 11 is 1.06. The number of halogens is 3. The number of para-hydroxylation sites is 1. The Hall–Kier alpha value is -5.03. The normalized spacial score (nSPS) is 14.0. The second-order valence-electron chi connectivity index (χ2n) is 9.16. The van der Waals surface area contributed by atoms with Crippen LogP contribution in [0.25, 0.3) is 6.08 Å². The molecule has 4 aromatic rings. The highest BCUT2D eigenvalue weighted by Crippen LogP contribution is 2.30. The summed E-state index contributed by atoms with van der Waals surface area (Å²) in [6.45, 7) is 0.397. The summed E-state index contributed by atoms with van der Waals surface area (Å²) in [6, 6.07) is 30.8. The maximum Gasteiger partial charge on any atom is 0.573 e. The molecule has 43 heavy (non-hydrogen) atoms. The van der Waals surface area contributed by atoms with Crippen LogP contribution in [-0.4, -0.2) is 29.1 Å². The Bertz CT molecular complexity index is 1640. The Morgan fingerprint density at radius 3 is 2.28 bits per heavy atom. The minimum atomic E-state index is -4.81. The van der Waals surface area contributed by atoms with Crippen LogP contribution in [0.3, 0.4) is 0 Å². The zero-order chi connectivity index (χ0) is 30.2. The standard InChI is InChI=1S/C32H24F3N3O4S/c33-32(34,35)42-26-16-14-24(15-17-26)36-29(39)21-43-31-37-28(30(40)38(31)25-11-5-2-6-12-25)19-23-10-7-13-27(18-23)41-20-22-8-3-1-4-9-22/h1-19H,20-21H2,(H,36,39). The van der Waals surface area contributed by atoms with E-state index in [1.165, 1.54) is 17.0 Å². The number of amides is 2. The summed E-state index contributed by atoms with van der Waals surface area (Å²) in [5.74, 6) is -0.656. The Labute approximate surface area is 249 Å². The molecule has 0 radical (unpaired) electrons. The molecule has 1 heterocycles. The van der Waals surface area contributed by atoms with E-state index < -0.39 is 18.0 Å². The fourth-order valence-corrected chi connectivity index (χ4v) is 4.87. The zero-order valence-corrected chi connectivity index (χ0v) is 23.3. The van der Waals surface area contributed by atoms with Crippen molar-refractivity contribution >= 4 is 46.2 Å². The number of ether oxygens (including phenoxy) is 2. The van der Waals surface area contributed by atoms with Crippen LogP contribution in [0.2, 0.25) is 0 Å². The van der Waals surface area contributed by atoms with Gasteiger partial charge >= 0.3 is 6.36 Å². The van der Waals surface area contributed by atoms with E-state index in [2.05, 4.69) is 15.0 Å². The largest absolute Gasteiger partial charge is 0.573 e. The Morgan fingerprint density at radius 1 is 0.884 bits per heavy atom. The van der Waals surface area contributed by atoms with Gasteiger partial charge in [0.05, 0.1) is 11.4 Å². The van der Waals surface area contributed by atoms with Crippen LogP contribution in [0.5, 0.6) is 11.5 Å². The summed E-state index contributed by atoms with van der Waals surface area (Å²) in [5, 5.41) is 2.93. The fourth-order valence-electron chi connectivity index (χ4n) is 4.06. The molecule has 0 aliphatic carbocycles. The lowest BCUT2D eigenvalue weighted by molar-refractivity contribution is -0.274. The number of nitrogens with one attached hydrogen (secondary N) is 1. The monoisotopic (exact) mass is 603 g/mol. The third-order valence-electron chi connectivity index (χ3n) is 5.96. The molecule has 11 heteroatoms. The van der Waals surface area contributed by atoms with E-state index in [4.69, 9.17) is 4.74 Å². The topological polar surface area (TPSA) is 80.2 Å². The van der Waals surface area contributed by atoms with E-state index in [-0.39, 0.29) is 17.4 Å². The van der Waals surface area contributed by atoms with Crippen molar-refractivity contribution < 1.29 is 32.2 Å². The van der Waals surface area contributed by atoms with Crippen LogP contribution in [0, 0.1) is 0 Å². The first kappa shape index (κ1) is 29.5. The molecule has 218 valence electrons. The molecule has 0 saturated carbocycles. The molecule has 4 aromatic carbocycles. The Kier molecular flexibility index (Phi) is 9.11. The molecule has 0 saturated heterocycles. The minimum absolute atomic E-state index is 0.105. The van der Waals surface area contributed by atoms with Crippen LogP contribution >= 0.6 is 11.8 Å². The van der Waals surface area contributed by atoms with Crippen molar-refractivity contribution in [1.29, 1.82) is 0 Å². The number of amidine groups is 1. The lowest BCUT2D eigenvalue weighted by atomic mass is 10.1. The lowest BCUT2D eigenvalue weighted by Gasteiger charge is -2.17. The molecule has 7 nitrogen and oxygen atoms in total. The van der Waals surface area contributed by atoms with Gasteiger partial charge in [-0.25, -0.2) is 4.99 Å². The van der Waals surface area contributed by atoms with E-state index in [0.29, 0.717) is 34.5 Å². The van der Waals surface area contributed by atoms with Gasteiger partial charge in [-0.2, -0.15) is 0 Å². The summed E-state index contributed by atoms with van der Waals surface area (Å²) < 4.78 is 46.9. The smallest absolute Gasteiger partial charge is 0.489 e. The Morgan fingerprint density at radius 2 is 1.58 bits per heavy atom. The van der Waals surface area contributed by atoms with Crippen molar-refractivity contribution in [3.63, 3.8) is 0 Å². The van der Waals surface area contributed by atoms with Gasteiger partial charge in [0.15, 0.2) is 5.17 Å². The number of carbonyl (C=O) groups is 2. The summed E-state index contributed by atoms with van der Waals surface area (Å²) in [5.41, 5.74) is 2.81. The molecule has 5 rings (SSSR count).